The molecule has 154 valence electrons. The van der Waals surface area contributed by atoms with Crippen LogP contribution in [0.5, 0.6) is 0 Å². The van der Waals surface area contributed by atoms with Gasteiger partial charge in [0.05, 0.1) is 27.3 Å². The molecule has 5 rings (SSSR count). The fourth-order valence-electron chi connectivity index (χ4n) is 5.86. The number of hydrogen-bond donors (Lipinski definition) is 1. The molecule has 1 N–H and O–H groups in total. The van der Waals surface area contributed by atoms with E-state index in [4.69, 9.17) is 32.9 Å². The van der Waals surface area contributed by atoms with Gasteiger partial charge in [-0.25, -0.2) is 4.98 Å². The standard InChI is InChI=1S/C22H24Cl2N2O2S/c1-10-12-7-8-22(3)9-15-17(11(2)16(22)19(12)28-20(10)27)25-21(29-15)26-18-13(23)5-4-6-14(18)24/h4-6,10-12,16,19H,7-9H2,1-3H3,(H,25,26)/t10-,11+,12-,16+,19+,22+/m0/s1. The Morgan fingerprint density at radius 1 is 1.24 bits per heavy atom. The van der Waals surface area contributed by atoms with E-state index >= 15 is 0 Å². The predicted molar refractivity (Wildman–Crippen MR) is 117 cm³/mol. The summed E-state index contributed by atoms with van der Waals surface area (Å²) in [6.45, 7) is 6.63. The van der Waals surface area contributed by atoms with E-state index in [0.717, 1.165) is 30.1 Å². The van der Waals surface area contributed by atoms with Gasteiger partial charge in [0, 0.05) is 22.6 Å². The number of para-hydroxylation sites is 1. The van der Waals surface area contributed by atoms with E-state index in [1.807, 2.05) is 25.1 Å². The Balaban J connectivity index is 1.49. The van der Waals surface area contributed by atoms with Gasteiger partial charge in [-0.05, 0) is 36.8 Å². The molecule has 1 saturated carbocycles. The number of fused-ring (bicyclic) bond motifs is 4. The number of halogens is 2. The number of anilines is 2. The smallest absolute Gasteiger partial charge is 0.309 e. The first kappa shape index (κ1) is 19.7. The molecule has 1 aliphatic heterocycles. The minimum Gasteiger partial charge on any atom is -0.461 e. The largest absolute Gasteiger partial charge is 0.461 e. The number of esters is 1. The van der Waals surface area contributed by atoms with Gasteiger partial charge in [-0.15, -0.1) is 11.3 Å². The van der Waals surface area contributed by atoms with E-state index in [1.165, 1.54) is 4.88 Å². The van der Waals surface area contributed by atoms with Crippen molar-refractivity contribution in [2.45, 2.75) is 52.1 Å². The average Bonchev–Trinajstić information content (AvgIpc) is 3.18. The van der Waals surface area contributed by atoms with Gasteiger partial charge in [0.2, 0.25) is 0 Å². The number of thiazole rings is 1. The molecule has 0 amide bonds. The molecule has 4 nitrogen and oxygen atoms in total. The summed E-state index contributed by atoms with van der Waals surface area (Å²) in [5, 5.41) is 5.30. The SMILES string of the molecule is C[C@@H]1C(=O)O[C@@H]2[C@H]1CC[C@]1(C)Cc3sc(Nc4c(Cl)cccc4Cl)nc3[C@H](C)[C@H]21. The van der Waals surface area contributed by atoms with Crippen molar-refractivity contribution in [2.75, 3.05) is 5.32 Å². The van der Waals surface area contributed by atoms with Crippen molar-refractivity contribution in [1.82, 2.24) is 4.98 Å². The fraction of sp³-hybridized carbons (Fsp3) is 0.545. The molecule has 2 fully saturated rings. The van der Waals surface area contributed by atoms with Crippen LogP contribution in [-0.4, -0.2) is 17.1 Å². The highest BCUT2D eigenvalue weighted by molar-refractivity contribution is 7.15. The highest BCUT2D eigenvalue weighted by Gasteiger charge is 2.58. The van der Waals surface area contributed by atoms with Crippen LogP contribution in [0, 0.1) is 23.2 Å². The zero-order valence-electron chi connectivity index (χ0n) is 16.7. The van der Waals surface area contributed by atoms with E-state index in [9.17, 15) is 4.79 Å². The number of hydrogen-bond acceptors (Lipinski definition) is 5. The molecule has 29 heavy (non-hydrogen) atoms. The molecule has 0 unspecified atom stereocenters. The maximum absolute atomic E-state index is 12.3. The Labute approximate surface area is 185 Å². The van der Waals surface area contributed by atoms with E-state index in [1.54, 1.807) is 11.3 Å². The van der Waals surface area contributed by atoms with Crippen LogP contribution in [0.4, 0.5) is 10.8 Å². The third-order valence-electron chi connectivity index (χ3n) is 7.35. The second-order valence-corrected chi connectivity index (χ2v) is 11.0. The Kier molecular flexibility index (Phi) is 4.65. The molecule has 2 heterocycles. The number of carbonyl (C=O) groups is 1. The van der Waals surface area contributed by atoms with Gasteiger partial charge < -0.3 is 10.1 Å². The lowest BCUT2D eigenvalue weighted by molar-refractivity contribution is -0.149. The molecule has 1 aromatic heterocycles. The summed E-state index contributed by atoms with van der Waals surface area (Å²) < 4.78 is 5.92. The third-order valence-corrected chi connectivity index (χ3v) is 8.97. The molecule has 0 radical (unpaired) electrons. The van der Waals surface area contributed by atoms with Crippen LogP contribution in [0.2, 0.25) is 10.0 Å². The zero-order chi connectivity index (χ0) is 20.5. The van der Waals surface area contributed by atoms with Gasteiger partial charge >= 0.3 is 5.97 Å². The van der Waals surface area contributed by atoms with Crippen molar-refractivity contribution in [3.63, 3.8) is 0 Å². The van der Waals surface area contributed by atoms with E-state index in [0.29, 0.717) is 27.6 Å². The first-order valence-corrected chi connectivity index (χ1v) is 11.8. The van der Waals surface area contributed by atoms with Crippen molar-refractivity contribution >= 4 is 51.3 Å². The maximum Gasteiger partial charge on any atom is 0.309 e. The molecule has 1 aromatic carbocycles. The van der Waals surface area contributed by atoms with Crippen molar-refractivity contribution in [3.05, 3.63) is 38.8 Å². The number of rotatable bonds is 2. The minimum atomic E-state index is -0.0313. The van der Waals surface area contributed by atoms with Gasteiger partial charge in [-0.1, -0.05) is 50.0 Å². The Morgan fingerprint density at radius 2 is 1.97 bits per heavy atom. The quantitative estimate of drug-likeness (QED) is 0.534. The average molecular weight is 451 g/mol. The second kappa shape index (κ2) is 6.86. The summed E-state index contributed by atoms with van der Waals surface area (Å²) in [4.78, 5) is 18.5. The molecule has 2 aromatic rings. The highest BCUT2D eigenvalue weighted by atomic mass is 35.5. The Bertz CT molecular complexity index is 973. The molecule has 7 heteroatoms. The first-order valence-electron chi connectivity index (χ1n) is 10.2. The lowest BCUT2D eigenvalue weighted by Gasteiger charge is -2.51. The van der Waals surface area contributed by atoms with Crippen LogP contribution in [0.15, 0.2) is 18.2 Å². The van der Waals surface area contributed by atoms with Gasteiger partial charge in [0.25, 0.3) is 0 Å². The highest BCUT2D eigenvalue weighted by Crippen LogP contribution is 2.59. The van der Waals surface area contributed by atoms with Crippen LogP contribution in [0.3, 0.4) is 0 Å². The number of benzene rings is 1. The molecule has 3 aliphatic rings. The summed E-state index contributed by atoms with van der Waals surface area (Å²) in [5.41, 5.74) is 1.94. The van der Waals surface area contributed by atoms with Gasteiger partial charge in [-0.3, -0.25) is 4.79 Å². The Hall–Kier alpha value is -1.30. The summed E-state index contributed by atoms with van der Waals surface area (Å²) in [6.07, 6.45) is 3.17. The zero-order valence-corrected chi connectivity index (χ0v) is 19.0. The molecule has 2 aliphatic carbocycles. The predicted octanol–water partition coefficient (Wildman–Crippen LogP) is 6.45. The summed E-state index contributed by atoms with van der Waals surface area (Å²) in [7, 11) is 0. The molecule has 0 bridgehead atoms. The first-order chi connectivity index (χ1) is 13.8. The van der Waals surface area contributed by atoms with Crippen LogP contribution in [-0.2, 0) is 16.0 Å². The van der Waals surface area contributed by atoms with Crippen LogP contribution in [0.25, 0.3) is 0 Å². The maximum atomic E-state index is 12.3. The fourth-order valence-corrected chi connectivity index (χ4v) is 7.62. The Morgan fingerprint density at radius 3 is 2.69 bits per heavy atom. The second-order valence-electron chi connectivity index (χ2n) is 9.09. The monoisotopic (exact) mass is 450 g/mol. The van der Waals surface area contributed by atoms with Gasteiger partial charge in [0.1, 0.15) is 6.10 Å². The molecular weight excluding hydrogens is 427 g/mol. The van der Waals surface area contributed by atoms with Crippen molar-refractivity contribution in [1.29, 1.82) is 0 Å². The van der Waals surface area contributed by atoms with Gasteiger partial charge in [-0.2, -0.15) is 0 Å². The summed E-state index contributed by atoms with van der Waals surface area (Å²) >= 11 is 14.3. The topological polar surface area (TPSA) is 51.2 Å². The van der Waals surface area contributed by atoms with Crippen LogP contribution >= 0.6 is 34.5 Å². The molecule has 6 atom stereocenters. The molecule has 0 spiro atoms. The number of carbonyl (C=O) groups excluding carboxylic acids is 1. The van der Waals surface area contributed by atoms with Crippen molar-refractivity contribution < 1.29 is 9.53 Å². The lowest BCUT2D eigenvalue weighted by atomic mass is 9.54. The normalized spacial score (nSPS) is 35.5. The minimum absolute atomic E-state index is 0.00757. The van der Waals surface area contributed by atoms with Gasteiger partial charge in [0.15, 0.2) is 5.13 Å². The lowest BCUT2D eigenvalue weighted by Crippen LogP contribution is -2.50. The van der Waals surface area contributed by atoms with E-state index < -0.39 is 0 Å². The number of ether oxygens (including phenoxy) is 1. The van der Waals surface area contributed by atoms with Crippen LogP contribution in [0.1, 0.15) is 50.1 Å². The number of aromatic nitrogens is 1. The van der Waals surface area contributed by atoms with E-state index in [2.05, 4.69) is 19.2 Å². The summed E-state index contributed by atoms with van der Waals surface area (Å²) in [5.74, 6) is 0.858. The molecule has 1 saturated heterocycles. The third kappa shape index (κ3) is 3.00. The van der Waals surface area contributed by atoms with Crippen molar-refractivity contribution in [2.24, 2.45) is 23.2 Å². The number of nitrogens with zero attached hydrogens (tertiary/aromatic N) is 1. The van der Waals surface area contributed by atoms with Crippen molar-refractivity contribution in [3.8, 4) is 0 Å². The summed E-state index contributed by atoms with van der Waals surface area (Å²) in [6, 6.07) is 5.46. The van der Waals surface area contributed by atoms with E-state index in [-0.39, 0.29) is 29.3 Å². The van der Waals surface area contributed by atoms with Crippen LogP contribution < -0.4 is 5.32 Å². The molecular formula is C22H24Cl2N2O2S. The number of nitrogens with one attached hydrogen (secondary N) is 1.